The minimum absolute atomic E-state index is 0.136. The Bertz CT molecular complexity index is 1170. The minimum atomic E-state index is -0.538. The van der Waals surface area contributed by atoms with Crippen molar-refractivity contribution >= 4 is 22.9 Å². The third kappa shape index (κ3) is 3.33. The Morgan fingerprint density at radius 3 is 2.78 bits per heavy atom. The lowest BCUT2D eigenvalue weighted by atomic mass is 10.1. The molecule has 9 nitrogen and oxygen atoms in total. The van der Waals surface area contributed by atoms with E-state index in [4.69, 9.17) is 0 Å². The SMILES string of the molecule is O=C(Nc1cccc(-c2ccc3nncn3n2)c1)c1cccc([N+](=O)[O-])c1. The number of carbonyl (C=O) groups excluding carboxylic acids is 1. The molecule has 0 aliphatic heterocycles. The number of benzene rings is 2. The van der Waals surface area contributed by atoms with Gasteiger partial charge in [-0.05, 0) is 30.3 Å². The van der Waals surface area contributed by atoms with Crippen LogP contribution in [0.5, 0.6) is 0 Å². The van der Waals surface area contributed by atoms with Crippen LogP contribution >= 0.6 is 0 Å². The van der Waals surface area contributed by atoms with Gasteiger partial charge in [-0.2, -0.15) is 9.61 Å². The fraction of sp³-hybridized carbons (Fsp3) is 0. The maximum atomic E-state index is 12.4. The molecule has 4 aromatic rings. The van der Waals surface area contributed by atoms with Gasteiger partial charge in [0, 0.05) is 28.9 Å². The molecule has 1 amide bonds. The zero-order chi connectivity index (χ0) is 18.8. The number of aromatic nitrogens is 4. The van der Waals surface area contributed by atoms with Crippen LogP contribution in [0.25, 0.3) is 16.9 Å². The molecule has 27 heavy (non-hydrogen) atoms. The molecular weight excluding hydrogens is 348 g/mol. The molecular formula is C18H12N6O3. The summed E-state index contributed by atoms with van der Waals surface area (Å²) in [6.45, 7) is 0. The highest BCUT2D eigenvalue weighted by atomic mass is 16.6. The highest BCUT2D eigenvalue weighted by molar-refractivity contribution is 6.04. The lowest BCUT2D eigenvalue weighted by Gasteiger charge is -2.07. The summed E-state index contributed by atoms with van der Waals surface area (Å²) in [4.78, 5) is 22.7. The van der Waals surface area contributed by atoms with Crippen molar-refractivity contribution in [2.45, 2.75) is 0 Å². The van der Waals surface area contributed by atoms with Crippen molar-refractivity contribution in [3.63, 3.8) is 0 Å². The van der Waals surface area contributed by atoms with Gasteiger partial charge in [-0.15, -0.1) is 10.2 Å². The summed E-state index contributed by atoms with van der Waals surface area (Å²) < 4.78 is 1.56. The molecule has 0 aliphatic carbocycles. The van der Waals surface area contributed by atoms with Gasteiger partial charge in [-0.25, -0.2) is 0 Å². The van der Waals surface area contributed by atoms with Gasteiger partial charge >= 0.3 is 0 Å². The van der Waals surface area contributed by atoms with Crippen molar-refractivity contribution in [3.05, 3.63) is 82.7 Å². The largest absolute Gasteiger partial charge is 0.322 e. The van der Waals surface area contributed by atoms with Crippen LogP contribution in [-0.4, -0.2) is 30.6 Å². The smallest absolute Gasteiger partial charge is 0.270 e. The number of nitro benzene ring substituents is 1. The standard InChI is InChI=1S/C18H12N6O3/c25-18(13-4-2-6-15(10-13)24(26)27)20-14-5-1-3-12(9-14)16-7-8-17-21-19-11-23(17)22-16/h1-11H,(H,20,25). The van der Waals surface area contributed by atoms with Gasteiger partial charge in [-0.1, -0.05) is 18.2 Å². The van der Waals surface area contributed by atoms with Crippen LogP contribution in [0.2, 0.25) is 0 Å². The molecule has 2 heterocycles. The highest BCUT2D eigenvalue weighted by Crippen LogP contribution is 2.22. The number of carbonyl (C=O) groups is 1. The second-order valence-corrected chi connectivity index (χ2v) is 5.69. The number of nitrogens with one attached hydrogen (secondary N) is 1. The van der Waals surface area contributed by atoms with E-state index in [0.29, 0.717) is 17.0 Å². The summed E-state index contributed by atoms with van der Waals surface area (Å²) in [5, 5.41) is 25.7. The molecule has 4 rings (SSSR count). The number of nitrogens with zero attached hydrogens (tertiary/aromatic N) is 5. The first-order chi connectivity index (χ1) is 13.1. The number of hydrogen-bond donors (Lipinski definition) is 1. The molecule has 0 saturated carbocycles. The van der Waals surface area contributed by atoms with Crippen molar-refractivity contribution in [1.29, 1.82) is 0 Å². The summed E-state index contributed by atoms with van der Waals surface area (Å²) in [5.41, 5.74) is 2.74. The van der Waals surface area contributed by atoms with E-state index in [1.807, 2.05) is 12.1 Å². The van der Waals surface area contributed by atoms with Crippen LogP contribution < -0.4 is 5.32 Å². The minimum Gasteiger partial charge on any atom is -0.322 e. The Hall–Kier alpha value is -4.14. The summed E-state index contributed by atoms with van der Waals surface area (Å²) in [6.07, 6.45) is 1.51. The molecule has 2 aromatic carbocycles. The number of non-ortho nitro benzene ring substituents is 1. The van der Waals surface area contributed by atoms with Crippen molar-refractivity contribution < 1.29 is 9.72 Å². The lowest BCUT2D eigenvalue weighted by Crippen LogP contribution is -2.12. The van der Waals surface area contributed by atoms with Crippen LogP contribution in [-0.2, 0) is 0 Å². The number of anilines is 1. The van der Waals surface area contributed by atoms with E-state index in [1.54, 1.807) is 28.8 Å². The van der Waals surface area contributed by atoms with E-state index in [-0.39, 0.29) is 11.3 Å². The van der Waals surface area contributed by atoms with Gasteiger partial charge in [-0.3, -0.25) is 14.9 Å². The number of rotatable bonds is 4. The van der Waals surface area contributed by atoms with E-state index in [1.165, 1.54) is 30.6 Å². The van der Waals surface area contributed by atoms with E-state index < -0.39 is 10.8 Å². The molecule has 0 fully saturated rings. The Balaban J connectivity index is 1.60. The summed E-state index contributed by atoms with van der Waals surface area (Å²) in [5.74, 6) is -0.432. The van der Waals surface area contributed by atoms with Gasteiger partial charge in [0.1, 0.15) is 6.33 Å². The Morgan fingerprint density at radius 2 is 1.93 bits per heavy atom. The zero-order valence-electron chi connectivity index (χ0n) is 13.8. The van der Waals surface area contributed by atoms with Gasteiger partial charge in [0.2, 0.25) is 0 Å². The van der Waals surface area contributed by atoms with Gasteiger partial charge < -0.3 is 5.32 Å². The van der Waals surface area contributed by atoms with E-state index in [0.717, 1.165) is 5.56 Å². The second kappa shape index (κ2) is 6.64. The molecule has 0 unspecified atom stereocenters. The Kier molecular flexibility index (Phi) is 4.01. The maximum Gasteiger partial charge on any atom is 0.270 e. The van der Waals surface area contributed by atoms with E-state index in [9.17, 15) is 14.9 Å². The van der Waals surface area contributed by atoms with Crippen LogP contribution in [0.15, 0.2) is 67.0 Å². The number of nitro groups is 1. The summed E-state index contributed by atoms with van der Waals surface area (Å²) in [7, 11) is 0. The van der Waals surface area contributed by atoms with Gasteiger partial charge in [0.25, 0.3) is 11.6 Å². The third-order valence-corrected chi connectivity index (χ3v) is 3.90. The van der Waals surface area contributed by atoms with Crippen molar-refractivity contribution in [2.75, 3.05) is 5.32 Å². The Morgan fingerprint density at radius 1 is 1.07 bits per heavy atom. The second-order valence-electron chi connectivity index (χ2n) is 5.69. The molecule has 9 heteroatoms. The molecule has 132 valence electrons. The third-order valence-electron chi connectivity index (χ3n) is 3.90. The number of hydrogen-bond acceptors (Lipinski definition) is 6. The van der Waals surface area contributed by atoms with Gasteiger partial charge in [0.05, 0.1) is 10.6 Å². The lowest BCUT2D eigenvalue weighted by molar-refractivity contribution is -0.384. The zero-order valence-corrected chi connectivity index (χ0v) is 13.8. The molecule has 0 spiro atoms. The number of fused-ring (bicyclic) bond motifs is 1. The Labute approximate surface area is 152 Å². The van der Waals surface area contributed by atoms with Crippen LogP contribution in [0.4, 0.5) is 11.4 Å². The van der Waals surface area contributed by atoms with Crippen molar-refractivity contribution in [1.82, 2.24) is 19.8 Å². The summed E-state index contributed by atoms with van der Waals surface area (Å²) in [6, 6.07) is 16.3. The predicted octanol–water partition coefficient (Wildman–Crippen LogP) is 2.95. The summed E-state index contributed by atoms with van der Waals surface area (Å²) >= 11 is 0. The fourth-order valence-electron chi connectivity index (χ4n) is 2.60. The van der Waals surface area contributed by atoms with Crippen LogP contribution in [0, 0.1) is 10.1 Å². The molecule has 2 aromatic heterocycles. The first kappa shape index (κ1) is 16.3. The van der Waals surface area contributed by atoms with E-state index >= 15 is 0 Å². The molecule has 1 N–H and O–H groups in total. The maximum absolute atomic E-state index is 12.4. The van der Waals surface area contributed by atoms with Crippen molar-refractivity contribution in [2.24, 2.45) is 0 Å². The highest BCUT2D eigenvalue weighted by Gasteiger charge is 2.12. The topological polar surface area (TPSA) is 115 Å². The predicted molar refractivity (Wildman–Crippen MR) is 97.3 cm³/mol. The average Bonchev–Trinajstić information content (AvgIpc) is 3.16. The monoisotopic (exact) mass is 360 g/mol. The van der Waals surface area contributed by atoms with Crippen LogP contribution in [0.1, 0.15) is 10.4 Å². The molecule has 0 radical (unpaired) electrons. The van der Waals surface area contributed by atoms with Crippen LogP contribution in [0.3, 0.4) is 0 Å². The fourth-order valence-corrected chi connectivity index (χ4v) is 2.60. The first-order valence-electron chi connectivity index (χ1n) is 7.93. The molecule has 0 bridgehead atoms. The molecule has 0 aliphatic rings. The normalized spacial score (nSPS) is 10.7. The molecule has 0 atom stereocenters. The number of amides is 1. The average molecular weight is 360 g/mol. The first-order valence-corrected chi connectivity index (χ1v) is 7.93. The molecule has 0 saturated heterocycles. The van der Waals surface area contributed by atoms with E-state index in [2.05, 4.69) is 20.6 Å². The van der Waals surface area contributed by atoms with Gasteiger partial charge in [0.15, 0.2) is 5.65 Å². The van der Waals surface area contributed by atoms with Crippen molar-refractivity contribution in [3.8, 4) is 11.3 Å². The quantitative estimate of drug-likeness (QED) is 0.442.